The van der Waals surface area contributed by atoms with Crippen LogP contribution in [-0.4, -0.2) is 164 Å². The van der Waals surface area contributed by atoms with Crippen molar-refractivity contribution >= 4 is 35.8 Å². The van der Waals surface area contributed by atoms with Crippen LogP contribution in [0, 0.1) is 0 Å². The molecule has 2 aliphatic rings. The van der Waals surface area contributed by atoms with Crippen molar-refractivity contribution in [1.29, 1.82) is 0 Å². The first-order valence-corrected chi connectivity index (χ1v) is 23.4. The van der Waals surface area contributed by atoms with Crippen LogP contribution < -0.4 is 9.47 Å². The Bertz CT molecular complexity index is 1830. The van der Waals surface area contributed by atoms with Crippen molar-refractivity contribution in [2.45, 2.75) is 46.5 Å². The molecule has 18 heteroatoms. The molecule has 0 N–H and O–H groups in total. The number of hydrogen-bond donors (Lipinski definition) is 0. The van der Waals surface area contributed by atoms with E-state index in [4.69, 9.17) is 42.6 Å². The van der Waals surface area contributed by atoms with E-state index in [0.29, 0.717) is 44.0 Å². The van der Waals surface area contributed by atoms with Crippen LogP contribution in [0.1, 0.15) is 46.5 Å². The number of morpholine rings is 2. The van der Waals surface area contributed by atoms with Gasteiger partial charge < -0.3 is 47.4 Å². The SMILES string of the molecule is C=C(C)C(=O)OCCN1CCOCC1.C=C(C)C(=O)OCCOc1ccccc1.C=CC(=O)OCCN1CCOCC1.C=CC(=O)OCCOC(=O)CCCCC.C=CC(=O)OCCOc1ccccc1. The number of esters is 6. The Morgan fingerprint density at radius 3 is 1.25 bits per heavy atom. The van der Waals surface area contributed by atoms with Crippen LogP contribution in [0.15, 0.2) is 123 Å². The van der Waals surface area contributed by atoms with E-state index >= 15 is 0 Å². The molecule has 0 radical (unpaired) electrons. The molecule has 2 fully saturated rings. The molecule has 4 rings (SSSR count). The second-order valence-corrected chi connectivity index (χ2v) is 14.9. The highest BCUT2D eigenvalue weighted by atomic mass is 16.6. The Hall–Kier alpha value is -6.60. The van der Waals surface area contributed by atoms with E-state index in [2.05, 4.69) is 54.4 Å². The van der Waals surface area contributed by atoms with Gasteiger partial charge in [0.2, 0.25) is 0 Å². The molecule has 2 heterocycles. The molecule has 0 saturated carbocycles. The maximum atomic E-state index is 11.0. The fourth-order valence-corrected chi connectivity index (χ4v) is 5.13. The highest BCUT2D eigenvalue weighted by molar-refractivity contribution is 5.87. The lowest BCUT2D eigenvalue weighted by Crippen LogP contribution is -2.38. The highest BCUT2D eigenvalue weighted by Gasteiger charge is 2.12. The molecule has 2 saturated heterocycles. The maximum absolute atomic E-state index is 11.0. The third kappa shape index (κ3) is 39.9. The average molecular weight is 997 g/mol. The maximum Gasteiger partial charge on any atom is 0.333 e. The molecule has 0 atom stereocenters. The van der Waals surface area contributed by atoms with Gasteiger partial charge in [-0.3, -0.25) is 14.6 Å². The van der Waals surface area contributed by atoms with Crippen LogP contribution >= 0.6 is 0 Å². The smallest absolute Gasteiger partial charge is 0.333 e. The third-order valence-corrected chi connectivity index (χ3v) is 8.94. The molecular formula is C53H76N2O16. The molecule has 0 aliphatic carbocycles. The van der Waals surface area contributed by atoms with E-state index < -0.39 is 11.9 Å². The second kappa shape index (κ2) is 44.6. The minimum Gasteiger partial charge on any atom is -0.490 e. The summed E-state index contributed by atoms with van der Waals surface area (Å²) in [6.45, 7) is 32.7. The summed E-state index contributed by atoms with van der Waals surface area (Å²) in [7, 11) is 0. The summed E-state index contributed by atoms with van der Waals surface area (Å²) in [6, 6.07) is 18.7. The van der Waals surface area contributed by atoms with E-state index in [0.717, 1.165) is 109 Å². The van der Waals surface area contributed by atoms with Gasteiger partial charge >= 0.3 is 35.8 Å². The summed E-state index contributed by atoms with van der Waals surface area (Å²) in [4.78, 5) is 69.4. The minimum absolute atomic E-state index is 0.0877. The predicted octanol–water partition coefficient (Wildman–Crippen LogP) is 6.30. The van der Waals surface area contributed by atoms with Gasteiger partial charge in [0.1, 0.15) is 64.4 Å². The number of nitrogens with zero attached hydrogens (tertiary/aromatic N) is 2. The number of hydrogen-bond acceptors (Lipinski definition) is 18. The molecule has 0 amide bonds. The van der Waals surface area contributed by atoms with Gasteiger partial charge in [0, 0.05) is 75.1 Å². The first-order chi connectivity index (χ1) is 34.3. The third-order valence-electron chi connectivity index (χ3n) is 8.94. The van der Waals surface area contributed by atoms with Crippen LogP contribution in [0.4, 0.5) is 0 Å². The Balaban J connectivity index is 0.000000863. The lowest BCUT2D eigenvalue weighted by molar-refractivity contribution is -0.149. The lowest BCUT2D eigenvalue weighted by Gasteiger charge is -2.26. The zero-order chi connectivity index (χ0) is 52.7. The number of unbranched alkanes of at least 4 members (excludes halogenated alkanes) is 2. The van der Waals surface area contributed by atoms with Crippen molar-refractivity contribution in [3.05, 3.63) is 123 Å². The van der Waals surface area contributed by atoms with E-state index in [1.165, 1.54) is 6.08 Å². The van der Waals surface area contributed by atoms with Gasteiger partial charge in [-0.15, -0.1) is 0 Å². The molecule has 2 aliphatic heterocycles. The fourth-order valence-electron chi connectivity index (χ4n) is 5.13. The summed E-state index contributed by atoms with van der Waals surface area (Å²) in [5.74, 6) is -0.680. The predicted molar refractivity (Wildman–Crippen MR) is 269 cm³/mol. The van der Waals surface area contributed by atoms with Gasteiger partial charge in [-0.05, 0) is 44.5 Å². The molecule has 18 nitrogen and oxygen atoms in total. The van der Waals surface area contributed by atoms with Crippen molar-refractivity contribution in [3.63, 3.8) is 0 Å². The Kier molecular flexibility index (Phi) is 40.5. The Labute approximate surface area is 420 Å². The second-order valence-electron chi connectivity index (χ2n) is 14.9. The van der Waals surface area contributed by atoms with Crippen LogP contribution in [-0.2, 0) is 66.7 Å². The Morgan fingerprint density at radius 2 is 0.859 bits per heavy atom. The normalized spacial score (nSPS) is 12.6. The number of carbonyl (C=O) groups excluding carboxylic acids is 6. The summed E-state index contributed by atoms with van der Waals surface area (Å²) < 4.78 is 49.9. The van der Waals surface area contributed by atoms with Crippen molar-refractivity contribution in [1.82, 2.24) is 9.80 Å². The number of para-hydroxylation sites is 2. The number of rotatable bonds is 26. The quantitative estimate of drug-likeness (QED) is 0.0439. The molecule has 0 unspecified atom stereocenters. The minimum atomic E-state index is -0.503. The molecule has 2 aromatic rings. The molecular weight excluding hydrogens is 921 g/mol. The first kappa shape index (κ1) is 64.4. The summed E-state index contributed by atoms with van der Waals surface area (Å²) in [5.41, 5.74) is 0.849. The first-order valence-electron chi connectivity index (χ1n) is 23.4. The average Bonchev–Trinajstić information content (AvgIpc) is 3.39. The van der Waals surface area contributed by atoms with Crippen LogP contribution in [0.2, 0.25) is 0 Å². The van der Waals surface area contributed by atoms with Crippen molar-refractivity contribution in [2.24, 2.45) is 0 Å². The van der Waals surface area contributed by atoms with Crippen LogP contribution in [0.3, 0.4) is 0 Å². The van der Waals surface area contributed by atoms with Gasteiger partial charge in [0.25, 0.3) is 0 Å². The summed E-state index contributed by atoms with van der Waals surface area (Å²) in [5, 5.41) is 0. The largest absolute Gasteiger partial charge is 0.490 e. The molecule has 394 valence electrons. The van der Waals surface area contributed by atoms with Gasteiger partial charge in [0.05, 0.1) is 26.4 Å². The van der Waals surface area contributed by atoms with Gasteiger partial charge in [-0.25, -0.2) is 24.0 Å². The lowest BCUT2D eigenvalue weighted by atomic mass is 10.2. The van der Waals surface area contributed by atoms with Gasteiger partial charge in [-0.1, -0.05) is 89.1 Å². The molecule has 71 heavy (non-hydrogen) atoms. The highest BCUT2D eigenvalue weighted by Crippen LogP contribution is 2.09. The van der Waals surface area contributed by atoms with Crippen molar-refractivity contribution < 1.29 is 76.1 Å². The molecule has 2 aromatic carbocycles. The monoisotopic (exact) mass is 997 g/mol. The van der Waals surface area contributed by atoms with Gasteiger partial charge in [-0.2, -0.15) is 0 Å². The zero-order valence-corrected chi connectivity index (χ0v) is 42.0. The molecule has 0 spiro atoms. The van der Waals surface area contributed by atoms with Crippen LogP contribution in [0.5, 0.6) is 11.5 Å². The standard InChI is InChI=1S/C12H14O3.C11H18O4.C11H12O3.C10H17NO3.C9H15NO3/c1-10(2)12(13)15-9-8-14-11-6-4-3-5-7-11;1-3-5-6-7-11(13)15-9-8-14-10(12)4-2;1-2-11(12)14-9-8-13-10-6-4-3-5-7-10;1-9(2)10(12)14-8-5-11-3-6-13-7-4-11;1-2-9(11)13-8-5-10-3-6-12-7-4-10/h3-7H,1,8-9H2,2H3;4H,2-3,5-9H2,1H3;2-7H,1,8-9H2;1,3-8H2,2H3;2H,1,3-8H2. The fraction of sp³-hybridized carbons (Fsp3) is 0.472. The van der Waals surface area contributed by atoms with Crippen molar-refractivity contribution in [2.75, 3.05) is 119 Å². The van der Waals surface area contributed by atoms with Crippen LogP contribution in [0.25, 0.3) is 0 Å². The zero-order valence-electron chi connectivity index (χ0n) is 42.0. The number of carbonyl (C=O) groups is 6. The number of ether oxygens (including phenoxy) is 10. The summed E-state index contributed by atoms with van der Waals surface area (Å²) in [6.07, 6.45) is 6.76. The van der Waals surface area contributed by atoms with Crippen molar-refractivity contribution in [3.8, 4) is 11.5 Å². The number of benzene rings is 2. The Morgan fingerprint density at radius 1 is 0.507 bits per heavy atom. The molecule has 0 bridgehead atoms. The molecule has 0 aromatic heterocycles. The summed E-state index contributed by atoms with van der Waals surface area (Å²) >= 11 is 0. The van der Waals surface area contributed by atoms with E-state index in [9.17, 15) is 28.8 Å². The van der Waals surface area contributed by atoms with Gasteiger partial charge in [0.15, 0.2) is 0 Å². The van der Waals surface area contributed by atoms with E-state index in [-0.39, 0.29) is 50.3 Å². The topological polar surface area (TPSA) is 201 Å². The van der Waals surface area contributed by atoms with E-state index in [1.807, 2.05) is 60.7 Å². The van der Waals surface area contributed by atoms with E-state index in [1.54, 1.807) is 13.8 Å².